The van der Waals surface area contributed by atoms with Crippen LogP contribution in [0.4, 0.5) is 0 Å². The van der Waals surface area contributed by atoms with Crippen LogP contribution in [0.3, 0.4) is 0 Å². The third-order valence-electron chi connectivity index (χ3n) is 6.76. The molecule has 1 saturated heterocycles. The van der Waals surface area contributed by atoms with Crippen molar-refractivity contribution in [2.75, 3.05) is 19.7 Å². The van der Waals surface area contributed by atoms with Gasteiger partial charge < -0.3 is 9.84 Å². The summed E-state index contributed by atoms with van der Waals surface area (Å²) in [6.45, 7) is 11.6. The summed E-state index contributed by atoms with van der Waals surface area (Å²) in [6.07, 6.45) is 5.90. The lowest BCUT2D eigenvalue weighted by Gasteiger charge is -2.36. The molecule has 0 saturated carbocycles. The van der Waals surface area contributed by atoms with Crippen LogP contribution in [-0.4, -0.2) is 35.7 Å². The fourth-order valence-electron chi connectivity index (χ4n) is 4.66. The van der Waals surface area contributed by atoms with Crippen LogP contribution in [0.2, 0.25) is 0 Å². The molecule has 1 aliphatic rings. The second-order valence-electron chi connectivity index (χ2n) is 9.60. The summed E-state index contributed by atoms with van der Waals surface area (Å²) in [6, 6.07) is 13.2. The molecule has 1 atom stereocenters. The van der Waals surface area contributed by atoms with E-state index in [-0.39, 0.29) is 5.92 Å². The predicted octanol–water partition coefficient (Wildman–Crippen LogP) is 5.95. The fraction of sp³-hybridized carbons (Fsp3) is 0.536. The lowest BCUT2D eigenvalue weighted by Crippen LogP contribution is -2.49. The number of carboxylic acids is 1. The highest BCUT2D eigenvalue weighted by molar-refractivity contribution is 5.71. The van der Waals surface area contributed by atoms with Crippen molar-refractivity contribution in [3.05, 3.63) is 64.2 Å². The number of ether oxygens (including phenoxy) is 1. The van der Waals surface area contributed by atoms with Gasteiger partial charge in [0.05, 0.1) is 12.5 Å². The first kappa shape index (κ1) is 24.3. The zero-order valence-electron chi connectivity index (χ0n) is 20.2. The first-order valence-corrected chi connectivity index (χ1v) is 12.1. The highest BCUT2D eigenvalue weighted by Gasteiger charge is 2.32. The average Bonchev–Trinajstić information content (AvgIpc) is 2.71. The monoisotopic (exact) mass is 437 g/mol. The number of likely N-dealkylation sites (tertiary alicyclic amines) is 1. The SMILES string of the molecule is CCCC(CCCOc1ccc(CN2CC(C(=O)O)C2)cc1C)Cc1ccc(C)c(C)c1. The lowest BCUT2D eigenvalue weighted by atomic mass is 9.90. The number of nitrogens with zero attached hydrogens (tertiary/aromatic N) is 1. The van der Waals surface area contributed by atoms with Gasteiger partial charge in [-0.05, 0) is 79.8 Å². The molecule has 1 fully saturated rings. The number of rotatable bonds is 12. The number of carbonyl (C=O) groups is 1. The second kappa shape index (κ2) is 11.5. The second-order valence-corrected chi connectivity index (χ2v) is 9.60. The van der Waals surface area contributed by atoms with Gasteiger partial charge in [-0.15, -0.1) is 0 Å². The Morgan fingerprint density at radius 1 is 1.03 bits per heavy atom. The van der Waals surface area contributed by atoms with Crippen molar-refractivity contribution in [1.82, 2.24) is 4.90 Å². The van der Waals surface area contributed by atoms with Crippen LogP contribution >= 0.6 is 0 Å². The van der Waals surface area contributed by atoms with Crippen LogP contribution < -0.4 is 4.74 Å². The molecule has 174 valence electrons. The average molecular weight is 438 g/mol. The van der Waals surface area contributed by atoms with E-state index in [1.54, 1.807) is 0 Å². The summed E-state index contributed by atoms with van der Waals surface area (Å²) >= 11 is 0. The Balaban J connectivity index is 1.43. The summed E-state index contributed by atoms with van der Waals surface area (Å²) in [7, 11) is 0. The highest BCUT2D eigenvalue weighted by atomic mass is 16.5. The predicted molar refractivity (Wildman–Crippen MR) is 130 cm³/mol. The Hall–Kier alpha value is -2.33. The van der Waals surface area contributed by atoms with Gasteiger partial charge in [0, 0.05) is 19.6 Å². The molecule has 4 heteroatoms. The molecule has 0 spiro atoms. The molecule has 2 aromatic rings. The van der Waals surface area contributed by atoms with E-state index < -0.39 is 5.97 Å². The van der Waals surface area contributed by atoms with E-state index in [0.29, 0.717) is 19.0 Å². The quantitative estimate of drug-likeness (QED) is 0.417. The summed E-state index contributed by atoms with van der Waals surface area (Å²) in [5.74, 6) is 0.781. The van der Waals surface area contributed by atoms with Gasteiger partial charge in [-0.1, -0.05) is 50.1 Å². The van der Waals surface area contributed by atoms with E-state index in [1.807, 2.05) is 0 Å². The number of aryl methyl sites for hydroxylation is 3. The molecule has 0 aliphatic carbocycles. The number of hydrogen-bond donors (Lipinski definition) is 1. The standard InChI is InChI=1S/C28H39NO3/c1-5-7-23(16-24-10-9-20(2)21(3)14-24)8-6-13-32-27-12-11-25(15-22(27)4)17-29-18-26(19-29)28(30)31/h9-12,14-15,23,26H,5-8,13,16-19H2,1-4H3,(H,30,31). The van der Waals surface area contributed by atoms with E-state index in [4.69, 9.17) is 9.84 Å². The van der Waals surface area contributed by atoms with Crippen molar-refractivity contribution in [2.24, 2.45) is 11.8 Å². The number of carboxylic acid groups (broad SMARTS) is 1. The van der Waals surface area contributed by atoms with Crippen LogP contribution in [0.15, 0.2) is 36.4 Å². The van der Waals surface area contributed by atoms with Gasteiger partial charge in [-0.2, -0.15) is 0 Å². The topological polar surface area (TPSA) is 49.8 Å². The van der Waals surface area contributed by atoms with Crippen LogP contribution in [0.1, 0.15) is 60.4 Å². The molecular weight excluding hydrogens is 398 g/mol. The smallest absolute Gasteiger partial charge is 0.309 e. The van der Waals surface area contributed by atoms with Gasteiger partial charge in [0.25, 0.3) is 0 Å². The van der Waals surface area contributed by atoms with E-state index in [1.165, 1.54) is 41.5 Å². The molecule has 0 amide bonds. The van der Waals surface area contributed by atoms with Crippen LogP contribution in [0, 0.1) is 32.6 Å². The summed E-state index contributed by atoms with van der Waals surface area (Å²) in [4.78, 5) is 13.1. The minimum atomic E-state index is -0.684. The van der Waals surface area contributed by atoms with E-state index >= 15 is 0 Å². The maximum atomic E-state index is 11.0. The maximum Gasteiger partial charge on any atom is 0.309 e. The Bertz CT molecular complexity index is 902. The molecule has 2 aromatic carbocycles. The van der Waals surface area contributed by atoms with Gasteiger partial charge in [-0.25, -0.2) is 0 Å². The van der Waals surface area contributed by atoms with Gasteiger partial charge in [0.2, 0.25) is 0 Å². The molecule has 32 heavy (non-hydrogen) atoms. The molecule has 1 N–H and O–H groups in total. The third-order valence-corrected chi connectivity index (χ3v) is 6.76. The highest BCUT2D eigenvalue weighted by Crippen LogP contribution is 2.25. The number of hydrogen-bond acceptors (Lipinski definition) is 3. The summed E-state index contributed by atoms with van der Waals surface area (Å²) < 4.78 is 6.11. The van der Waals surface area contributed by atoms with Crippen LogP contribution in [0.5, 0.6) is 5.75 Å². The van der Waals surface area contributed by atoms with Crippen molar-refractivity contribution in [3.63, 3.8) is 0 Å². The van der Waals surface area contributed by atoms with Gasteiger partial charge in [0.15, 0.2) is 0 Å². The van der Waals surface area contributed by atoms with Crippen LogP contribution in [-0.2, 0) is 17.8 Å². The maximum absolute atomic E-state index is 11.0. The first-order chi connectivity index (χ1) is 15.4. The van der Waals surface area contributed by atoms with Crippen LogP contribution in [0.25, 0.3) is 0 Å². The molecule has 1 heterocycles. The zero-order valence-corrected chi connectivity index (χ0v) is 20.2. The van der Waals surface area contributed by atoms with Crippen molar-refractivity contribution in [3.8, 4) is 5.75 Å². The van der Waals surface area contributed by atoms with Gasteiger partial charge in [0.1, 0.15) is 5.75 Å². The molecule has 0 aromatic heterocycles. The van der Waals surface area contributed by atoms with E-state index in [9.17, 15) is 4.79 Å². The third kappa shape index (κ3) is 6.83. The molecule has 3 rings (SSSR count). The molecule has 0 radical (unpaired) electrons. The van der Waals surface area contributed by atoms with E-state index in [2.05, 4.69) is 69.0 Å². The van der Waals surface area contributed by atoms with Crippen molar-refractivity contribution in [1.29, 1.82) is 0 Å². The summed E-state index contributed by atoms with van der Waals surface area (Å²) in [5, 5.41) is 9.02. The molecule has 1 aliphatic heterocycles. The molecule has 0 bridgehead atoms. The Kier molecular flexibility index (Phi) is 8.75. The number of aliphatic carboxylic acids is 1. The van der Waals surface area contributed by atoms with Crippen molar-refractivity contribution in [2.45, 2.75) is 66.3 Å². The van der Waals surface area contributed by atoms with Crippen molar-refractivity contribution < 1.29 is 14.6 Å². The molecule has 1 unspecified atom stereocenters. The molecule has 4 nitrogen and oxygen atoms in total. The Morgan fingerprint density at radius 2 is 1.75 bits per heavy atom. The minimum absolute atomic E-state index is 0.203. The minimum Gasteiger partial charge on any atom is -0.493 e. The lowest BCUT2D eigenvalue weighted by molar-refractivity contribution is -0.147. The van der Waals surface area contributed by atoms with Gasteiger partial charge >= 0.3 is 5.97 Å². The molecular formula is C28H39NO3. The summed E-state index contributed by atoms with van der Waals surface area (Å²) in [5.41, 5.74) is 6.57. The largest absolute Gasteiger partial charge is 0.493 e. The number of benzene rings is 2. The van der Waals surface area contributed by atoms with Crippen molar-refractivity contribution >= 4 is 5.97 Å². The zero-order chi connectivity index (χ0) is 23.1. The first-order valence-electron chi connectivity index (χ1n) is 12.1. The fourth-order valence-corrected chi connectivity index (χ4v) is 4.66. The Morgan fingerprint density at radius 3 is 2.41 bits per heavy atom. The normalized spacial score (nSPS) is 15.4. The van der Waals surface area contributed by atoms with E-state index in [0.717, 1.165) is 37.3 Å². The Labute approximate surface area is 193 Å². The van der Waals surface area contributed by atoms with Gasteiger partial charge in [-0.3, -0.25) is 9.69 Å².